The molecule has 0 aliphatic rings. The van der Waals surface area contributed by atoms with Gasteiger partial charge in [-0.15, -0.1) is 24.8 Å². The van der Waals surface area contributed by atoms with Gasteiger partial charge in [0.05, 0.1) is 22.8 Å². The first-order valence-corrected chi connectivity index (χ1v) is 9.01. The third kappa shape index (κ3) is 5.47. The molecule has 1 aromatic heterocycles. The van der Waals surface area contributed by atoms with Crippen molar-refractivity contribution in [2.75, 3.05) is 6.54 Å². The molecule has 1 atom stereocenters. The molecule has 5 nitrogen and oxygen atoms in total. The smallest absolute Gasteiger partial charge is 0.227 e. The van der Waals surface area contributed by atoms with E-state index in [2.05, 4.69) is 16.5 Å². The summed E-state index contributed by atoms with van der Waals surface area (Å²) in [6, 6.07) is 10.1. The summed E-state index contributed by atoms with van der Waals surface area (Å²) in [5.74, 6) is 0.0372. The molecule has 152 valence electrons. The monoisotopic (exact) mass is 414 g/mol. The van der Waals surface area contributed by atoms with Crippen LogP contribution >= 0.6 is 24.8 Å². The van der Waals surface area contributed by atoms with Gasteiger partial charge in [-0.3, -0.25) is 4.79 Å². The number of benzene rings is 1. The molecular weight excluding hydrogens is 383 g/mol. The maximum absolute atomic E-state index is 12.7. The molecule has 7 heteroatoms. The van der Waals surface area contributed by atoms with E-state index in [9.17, 15) is 4.79 Å². The molecule has 0 aliphatic carbocycles. The van der Waals surface area contributed by atoms with Gasteiger partial charge in [0.2, 0.25) is 5.91 Å². The summed E-state index contributed by atoms with van der Waals surface area (Å²) in [5.41, 5.74) is 9.59. The third-order valence-electron chi connectivity index (χ3n) is 5.22. The van der Waals surface area contributed by atoms with E-state index in [1.807, 2.05) is 63.6 Å². The zero-order chi connectivity index (χ0) is 18.6. The Morgan fingerprint density at radius 1 is 1.19 bits per heavy atom. The fourth-order valence-corrected chi connectivity index (χ4v) is 3.18. The number of nitrogens with zero attached hydrogens (tertiary/aromatic N) is 2. The number of rotatable bonds is 7. The van der Waals surface area contributed by atoms with Gasteiger partial charge in [-0.25, -0.2) is 4.68 Å². The summed E-state index contributed by atoms with van der Waals surface area (Å²) in [7, 11) is 0. The van der Waals surface area contributed by atoms with Crippen molar-refractivity contribution in [3.63, 3.8) is 0 Å². The maximum atomic E-state index is 12.7. The molecule has 0 fully saturated rings. The number of aromatic nitrogens is 2. The molecule has 0 radical (unpaired) electrons. The quantitative estimate of drug-likeness (QED) is 0.709. The van der Waals surface area contributed by atoms with Crippen molar-refractivity contribution in [2.24, 2.45) is 11.1 Å². The Balaban J connectivity index is 0.00000338. The van der Waals surface area contributed by atoms with Crippen LogP contribution in [0.2, 0.25) is 0 Å². The fourth-order valence-electron chi connectivity index (χ4n) is 3.18. The van der Waals surface area contributed by atoms with Gasteiger partial charge in [0.1, 0.15) is 0 Å². The van der Waals surface area contributed by atoms with Gasteiger partial charge in [0, 0.05) is 12.2 Å². The van der Waals surface area contributed by atoms with Crippen LogP contribution in [0.3, 0.4) is 0 Å². The minimum absolute atomic E-state index is 0. The van der Waals surface area contributed by atoms with E-state index in [0.29, 0.717) is 6.54 Å². The SMILES string of the molecule is CCC(CC)(CN)C(=O)NC(C)c1ccc(-n2nc(C)cc2C)cc1.Cl.Cl. The van der Waals surface area contributed by atoms with Crippen molar-refractivity contribution in [3.05, 3.63) is 47.3 Å². The molecule has 1 aromatic carbocycles. The highest BCUT2D eigenvalue weighted by Gasteiger charge is 2.34. The van der Waals surface area contributed by atoms with Gasteiger partial charge in [0.15, 0.2) is 0 Å². The van der Waals surface area contributed by atoms with Crippen molar-refractivity contribution in [1.29, 1.82) is 0 Å². The number of halogens is 2. The van der Waals surface area contributed by atoms with Crippen molar-refractivity contribution in [3.8, 4) is 5.69 Å². The molecule has 0 saturated heterocycles. The molecular formula is C20H32Cl2N4O. The molecule has 1 heterocycles. The van der Waals surface area contributed by atoms with Crippen molar-refractivity contribution < 1.29 is 4.79 Å². The predicted molar refractivity (Wildman–Crippen MR) is 116 cm³/mol. The van der Waals surface area contributed by atoms with Crippen LogP contribution in [0.15, 0.2) is 30.3 Å². The fraction of sp³-hybridized carbons (Fsp3) is 0.500. The zero-order valence-corrected chi connectivity index (χ0v) is 18.4. The second kappa shape index (κ2) is 10.7. The number of amides is 1. The van der Waals surface area contributed by atoms with Crippen LogP contribution in [0.4, 0.5) is 0 Å². The molecule has 1 amide bonds. The van der Waals surface area contributed by atoms with Crippen LogP contribution < -0.4 is 11.1 Å². The Hall–Kier alpha value is -1.56. The molecule has 0 spiro atoms. The number of aryl methyl sites for hydroxylation is 2. The molecule has 1 unspecified atom stereocenters. The lowest BCUT2D eigenvalue weighted by Gasteiger charge is -2.30. The van der Waals surface area contributed by atoms with Crippen LogP contribution in [-0.2, 0) is 4.79 Å². The first kappa shape index (κ1) is 25.4. The maximum Gasteiger partial charge on any atom is 0.227 e. The van der Waals surface area contributed by atoms with Gasteiger partial charge < -0.3 is 11.1 Å². The molecule has 2 aromatic rings. The van der Waals surface area contributed by atoms with Crippen LogP contribution in [0.5, 0.6) is 0 Å². The molecule has 27 heavy (non-hydrogen) atoms. The van der Waals surface area contributed by atoms with E-state index in [-0.39, 0.29) is 36.8 Å². The third-order valence-corrected chi connectivity index (χ3v) is 5.22. The first-order valence-electron chi connectivity index (χ1n) is 9.01. The normalized spacial score (nSPS) is 11.9. The van der Waals surface area contributed by atoms with E-state index in [4.69, 9.17) is 5.73 Å². The highest BCUT2D eigenvalue weighted by Crippen LogP contribution is 2.27. The van der Waals surface area contributed by atoms with Gasteiger partial charge in [0.25, 0.3) is 0 Å². The highest BCUT2D eigenvalue weighted by molar-refractivity contribution is 5.85. The van der Waals surface area contributed by atoms with E-state index in [1.54, 1.807) is 0 Å². The summed E-state index contributed by atoms with van der Waals surface area (Å²) in [6.07, 6.45) is 1.49. The number of hydrogen-bond donors (Lipinski definition) is 2. The van der Waals surface area contributed by atoms with E-state index in [1.165, 1.54) is 0 Å². The van der Waals surface area contributed by atoms with Crippen molar-refractivity contribution in [1.82, 2.24) is 15.1 Å². The average Bonchev–Trinajstić information content (AvgIpc) is 2.95. The largest absolute Gasteiger partial charge is 0.349 e. The predicted octanol–water partition coefficient (Wildman–Crippen LogP) is 4.28. The van der Waals surface area contributed by atoms with E-state index < -0.39 is 5.41 Å². The van der Waals surface area contributed by atoms with Crippen LogP contribution in [0.1, 0.15) is 56.6 Å². The summed E-state index contributed by atoms with van der Waals surface area (Å²) in [4.78, 5) is 12.7. The second-order valence-corrected chi connectivity index (χ2v) is 6.82. The van der Waals surface area contributed by atoms with Crippen LogP contribution in [0, 0.1) is 19.3 Å². The summed E-state index contributed by atoms with van der Waals surface area (Å²) >= 11 is 0. The summed E-state index contributed by atoms with van der Waals surface area (Å²) in [6.45, 7) is 10.4. The summed E-state index contributed by atoms with van der Waals surface area (Å²) in [5, 5.41) is 7.63. The van der Waals surface area contributed by atoms with Gasteiger partial charge in [-0.05, 0) is 57.4 Å². The van der Waals surface area contributed by atoms with Gasteiger partial charge in [-0.1, -0.05) is 26.0 Å². The van der Waals surface area contributed by atoms with Crippen molar-refractivity contribution >= 4 is 30.7 Å². The molecule has 0 aliphatic heterocycles. The minimum atomic E-state index is -0.474. The molecule has 2 rings (SSSR count). The number of carbonyl (C=O) groups is 1. The average molecular weight is 415 g/mol. The Morgan fingerprint density at radius 2 is 1.74 bits per heavy atom. The zero-order valence-electron chi connectivity index (χ0n) is 16.8. The lowest BCUT2D eigenvalue weighted by Crippen LogP contribution is -2.46. The Morgan fingerprint density at radius 3 is 2.15 bits per heavy atom. The lowest BCUT2D eigenvalue weighted by atomic mass is 9.81. The highest BCUT2D eigenvalue weighted by atomic mass is 35.5. The lowest BCUT2D eigenvalue weighted by molar-refractivity contribution is -0.131. The Bertz CT molecular complexity index is 716. The van der Waals surface area contributed by atoms with Gasteiger partial charge >= 0.3 is 0 Å². The number of carbonyl (C=O) groups excluding carboxylic acids is 1. The van der Waals surface area contributed by atoms with Crippen molar-refractivity contribution in [2.45, 2.75) is 53.5 Å². The van der Waals surface area contributed by atoms with Crippen LogP contribution in [-0.4, -0.2) is 22.2 Å². The van der Waals surface area contributed by atoms with E-state index in [0.717, 1.165) is 35.5 Å². The second-order valence-electron chi connectivity index (χ2n) is 6.82. The minimum Gasteiger partial charge on any atom is -0.349 e. The van der Waals surface area contributed by atoms with E-state index >= 15 is 0 Å². The molecule has 0 bridgehead atoms. The van der Waals surface area contributed by atoms with Gasteiger partial charge in [-0.2, -0.15) is 5.10 Å². The van der Waals surface area contributed by atoms with Crippen LogP contribution in [0.25, 0.3) is 5.69 Å². The Labute approximate surface area is 174 Å². The molecule has 3 N–H and O–H groups in total. The number of nitrogens with one attached hydrogen (secondary N) is 1. The number of nitrogens with two attached hydrogens (primary N) is 1. The topological polar surface area (TPSA) is 72.9 Å². The summed E-state index contributed by atoms with van der Waals surface area (Å²) < 4.78 is 1.93. The molecule has 0 saturated carbocycles. The number of hydrogen-bond acceptors (Lipinski definition) is 3. The first-order chi connectivity index (χ1) is 11.9. The standard InChI is InChI=1S/C20H30N4O.2ClH/c1-6-20(7-2,13-21)19(25)22-16(5)17-8-10-18(11-9-17)24-15(4)12-14(3)23-24;;/h8-12,16H,6-7,13,21H2,1-5H3,(H,22,25);2*1H. The Kier molecular flexibility index (Phi) is 10.1.